The smallest absolute Gasteiger partial charge is 0.410 e. The second kappa shape index (κ2) is 5.25. The second-order valence-electron chi connectivity index (χ2n) is 4.57. The van der Waals surface area contributed by atoms with Gasteiger partial charge in [0.2, 0.25) is 0 Å². The van der Waals surface area contributed by atoms with Gasteiger partial charge in [0, 0.05) is 26.1 Å². The van der Waals surface area contributed by atoms with Crippen molar-refractivity contribution in [2.24, 2.45) is 0 Å². The van der Waals surface area contributed by atoms with Crippen molar-refractivity contribution >= 4 is 12.2 Å². The molecule has 1 unspecified atom stereocenters. The molecule has 0 aromatic rings. The number of carboxylic acid groups (broad SMARTS) is 1. The third-order valence-corrected chi connectivity index (χ3v) is 3.30. The van der Waals surface area contributed by atoms with Crippen LogP contribution in [0.1, 0.15) is 25.7 Å². The van der Waals surface area contributed by atoms with Gasteiger partial charge in [-0.05, 0) is 19.3 Å². The number of amides is 2. The van der Waals surface area contributed by atoms with Crippen molar-refractivity contribution in [1.82, 2.24) is 9.80 Å². The van der Waals surface area contributed by atoms with Crippen LogP contribution in [0.25, 0.3) is 0 Å². The van der Waals surface area contributed by atoms with E-state index in [-0.39, 0.29) is 12.2 Å². The van der Waals surface area contributed by atoms with Crippen molar-refractivity contribution in [3.63, 3.8) is 0 Å². The fourth-order valence-corrected chi connectivity index (χ4v) is 2.29. The minimum absolute atomic E-state index is 0.277. The first kappa shape index (κ1) is 12.0. The summed E-state index contributed by atoms with van der Waals surface area (Å²) in [7, 11) is 0. The van der Waals surface area contributed by atoms with E-state index in [2.05, 4.69) is 0 Å². The highest BCUT2D eigenvalue weighted by atomic mass is 16.6. The predicted octanol–water partition coefficient (Wildman–Crippen LogP) is 1.36. The molecule has 2 aliphatic rings. The van der Waals surface area contributed by atoms with Gasteiger partial charge < -0.3 is 19.6 Å². The number of nitrogens with zero attached hydrogens (tertiary/aromatic N) is 2. The van der Waals surface area contributed by atoms with Crippen molar-refractivity contribution in [2.75, 3.05) is 26.2 Å². The molecule has 0 aromatic heterocycles. The van der Waals surface area contributed by atoms with Gasteiger partial charge in [-0.2, -0.15) is 0 Å². The predicted molar refractivity (Wildman–Crippen MR) is 59.9 cm³/mol. The number of carbonyl (C=O) groups excluding carboxylic acids is 1. The Bertz CT molecular complexity index is 302. The first-order chi connectivity index (χ1) is 8.16. The molecule has 6 nitrogen and oxygen atoms in total. The molecular formula is C11H18N2O4. The molecule has 2 rings (SSSR count). The standard InChI is InChI=1S/C11H18N2O4/c14-10(15)13-7-4-9(8-13)17-11(16)12-5-2-1-3-6-12/h9H,1-8H2,(H,14,15). The fourth-order valence-electron chi connectivity index (χ4n) is 2.29. The minimum atomic E-state index is -0.943. The van der Waals surface area contributed by atoms with Crippen molar-refractivity contribution in [2.45, 2.75) is 31.8 Å². The Balaban J connectivity index is 1.77. The van der Waals surface area contributed by atoms with Crippen LogP contribution in [0.4, 0.5) is 9.59 Å². The third kappa shape index (κ3) is 3.01. The van der Waals surface area contributed by atoms with Crippen molar-refractivity contribution in [3.05, 3.63) is 0 Å². The van der Waals surface area contributed by atoms with E-state index in [1.165, 1.54) is 11.3 Å². The maximum atomic E-state index is 11.8. The van der Waals surface area contributed by atoms with Crippen LogP contribution in [-0.4, -0.2) is 59.4 Å². The van der Waals surface area contributed by atoms with E-state index >= 15 is 0 Å². The van der Waals surface area contributed by atoms with Crippen LogP contribution < -0.4 is 0 Å². The summed E-state index contributed by atoms with van der Waals surface area (Å²) in [4.78, 5) is 25.5. The van der Waals surface area contributed by atoms with E-state index in [9.17, 15) is 9.59 Å². The van der Waals surface area contributed by atoms with Crippen LogP contribution in [0.3, 0.4) is 0 Å². The molecule has 0 aliphatic carbocycles. The molecule has 1 atom stereocenters. The quantitative estimate of drug-likeness (QED) is 0.753. The first-order valence-electron chi connectivity index (χ1n) is 6.10. The van der Waals surface area contributed by atoms with Gasteiger partial charge in [-0.25, -0.2) is 9.59 Å². The van der Waals surface area contributed by atoms with E-state index < -0.39 is 6.09 Å². The average molecular weight is 242 g/mol. The largest absolute Gasteiger partial charge is 0.465 e. The topological polar surface area (TPSA) is 70.1 Å². The molecule has 0 radical (unpaired) electrons. The lowest BCUT2D eigenvalue weighted by atomic mass is 10.1. The number of piperidine rings is 1. The molecule has 2 aliphatic heterocycles. The zero-order chi connectivity index (χ0) is 12.3. The van der Waals surface area contributed by atoms with Crippen LogP contribution in [0.5, 0.6) is 0 Å². The highest BCUT2D eigenvalue weighted by Crippen LogP contribution is 2.16. The maximum absolute atomic E-state index is 11.8. The Hall–Kier alpha value is -1.46. The summed E-state index contributed by atoms with van der Waals surface area (Å²) in [5.41, 5.74) is 0. The molecule has 0 saturated carbocycles. The van der Waals surface area contributed by atoms with Gasteiger partial charge >= 0.3 is 12.2 Å². The Morgan fingerprint density at radius 2 is 1.76 bits per heavy atom. The van der Waals surface area contributed by atoms with Crippen molar-refractivity contribution in [1.29, 1.82) is 0 Å². The Morgan fingerprint density at radius 1 is 1.06 bits per heavy atom. The molecule has 17 heavy (non-hydrogen) atoms. The van der Waals surface area contributed by atoms with Gasteiger partial charge in [-0.3, -0.25) is 0 Å². The van der Waals surface area contributed by atoms with E-state index in [0.717, 1.165) is 25.9 Å². The lowest BCUT2D eigenvalue weighted by Gasteiger charge is -2.27. The second-order valence-corrected chi connectivity index (χ2v) is 4.57. The molecule has 0 spiro atoms. The summed E-state index contributed by atoms with van der Waals surface area (Å²) in [5, 5.41) is 8.79. The van der Waals surface area contributed by atoms with E-state index in [1.807, 2.05) is 0 Å². The zero-order valence-electron chi connectivity index (χ0n) is 9.80. The number of rotatable bonds is 1. The summed E-state index contributed by atoms with van der Waals surface area (Å²) >= 11 is 0. The van der Waals surface area contributed by atoms with Crippen LogP contribution in [0, 0.1) is 0 Å². The van der Waals surface area contributed by atoms with Gasteiger partial charge in [-0.15, -0.1) is 0 Å². The SMILES string of the molecule is O=C(O)N1CCC(OC(=O)N2CCCCC2)C1. The maximum Gasteiger partial charge on any atom is 0.410 e. The highest BCUT2D eigenvalue weighted by Gasteiger charge is 2.30. The monoisotopic (exact) mass is 242 g/mol. The summed E-state index contributed by atoms with van der Waals surface area (Å²) in [6, 6.07) is 0. The van der Waals surface area contributed by atoms with Gasteiger partial charge in [0.1, 0.15) is 6.10 Å². The Labute approximate surface area is 100 Å². The van der Waals surface area contributed by atoms with Gasteiger partial charge in [0.25, 0.3) is 0 Å². The average Bonchev–Trinajstić information content (AvgIpc) is 2.79. The molecule has 0 aromatic carbocycles. The molecule has 96 valence electrons. The Morgan fingerprint density at radius 3 is 2.35 bits per heavy atom. The van der Waals surface area contributed by atoms with Crippen LogP contribution in [-0.2, 0) is 4.74 Å². The number of hydrogen-bond donors (Lipinski definition) is 1. The molecule has 2 amide bonds. The van der Waals surface area contributed by atoms with Crippen LogP contribution in [0.15, 0.2) is 0 Å². The van der Waals surface area contributed by atoms with Gasteiger partial charge in [0.15, 0.2) is 0 Å². The molecule has 6 heteroatoms. The fraction of sp³-hybridized carbons (Fsp3) is 0.818. The number of carbonyl (C=O) groups is 2. The number of hydrogen-bond acceptors (Lipinski definition) is 3. The van der Waals surface area contributed by atoms with Gasteiger partial charge in [0.05, 0.1) is 6.54 Å². The highest BCUT2D eigenvalue weighted by molar-refractivity contribution is 5.68. The lowest BCUT2D eigenvalue weighted by molar-refractivity contribution is 0.0601. The number of ether oxygens (including phenoxy) is 1. The van der Waals surface area contributed by atoms with Crippen LogP contribution in [0.2, 0.25) is 0 Å². The third-order valence-electron chi connectivity index (χ3n) is 3.30. The minimum Gasteiger partial charge on any atom is -0.465 e. The lowest BCUT2D eigenvalue weighted by Crippen LogP contribution is -2.38. The summed E-state index contributed by atoms with van der Waals surface area (Å²) in [6.45, 7) is 2.27. The van der Waals surface area contributed by atoms with Crippen molar-refractivity contribution in [3.8, 4) is 0 Å². The van der Waals surface area contributed by atoms with Gasteiger partial charge in [-0.1, -0.05) is 0 Å². The Kier molecular flexibility index (Phi) is 3.71. The molecule has 2 heterocycles. The molecule has 0 bridgehead atoms. The molecule has 1 N–H and O–H groups in total. The summed E-state index contributed by atoms with van der Waals surface area (Å²) in [5.74, 6) is 0. The zero-order valence-corrected chi connectivity index (χ0v) is 9.80. The first-order valence-corrected chi connectivity index (χ1v) is 6.10. The summed E-state index contributed by atoms with van der Waals surface area (Å²) in [6.07, 6.45) is 2.32. The van der Waals surface area contributed by atoms with Crippen molar-refractivity contribution < 1.29 is 19.4 Å². The van der Waals surface area contributed by atoms with E-state index in [0.29, 0.717) is 19.5 Å². The van der Waals surface area contributed by atoms with E-state index in [4.69, 9.17) is 9.84 Å². The van der Waals surface area contributed by atoms with E-state index in [1.54, 1.807) is 4.90 Å². The molecular weight excluding hydrogens is 224 g/mol. The molecule has 2 fully saturated rings. The van der Waals surface area contributed by atoms with Crippen LogP contribution >= 0.6 is 0 Å². The normalized spacial score (nSPS) is 24.8. The molecule has 2 saturated heterocycles. The summed E-state index contributed by atoms with van der Waals surface area (Å²) < 4.78 is 5.31. The number of likely N-dealkylation sites (tertiary alicyclic amines) is 2.